The molecule has 0 N–H and O–H groups in total. The van der Waals surface area contributed by atoms with Crippen LogP contribution in [0.3, 0.4) is 0 Å². The summed E-state index contributed by atoms with van der Waals surface area (Å²) in [6.07, 6.45) is 0. The van der Waals surface area contributed by atoms with Gasteiger partial charge in [0.25, 0.3) is 0 Å². The fraction of sp³-hybridized carbons (Fsp3) is 0. The zero-order chi connectivity index (χ0) is 45.0. The van der Waals surface area contributed by atoms with Crippen molar-refractivity contribution in [2.24, 2.45) is 0 Å². The molecular formula is C68H44. The van der Waals surface area contributed by atoms with Crippen molar-refractivity contribution in [2.75, 3.05) is 0 Å². The summed E-state index contributed by atoms with van der Waals surface area (Å²) in [4.78, 5) is 0. The monoisotopic (exact) mass is 860 g/mol. The van der Waals surface area contributed by atoms with Gasteiger partial charge in [0.05, 0.1) is 0 Å². The van der Waals surface area contributed by atoms with E-state index in [1.54, 1.807) is 0 Å². The molecule has 0 aliphatic rings. The molecule has 0 fully saturated rings. The van der Waals surface area contributed by atoms with Crippen molar-refractivity contribution in [3.63, 3.8) is 0 Å². The molecule has 0 aromatic heterocycles. The van der Waals surface area contributed by atoms with Gasteiger partial charge in [-0.3, -0.25) is 0 Å². The molecule has 0 unspecified atom stereocenters. The molecule has 0 saturated carbocycles. The number of fused-ring (bicyclic) bond motifs is 6. The van der Waals surface area contributed by atoms with Crippen molar-refractivity contribution in [3.05, 3.63) is 267 Å². The van der Waals surface area contributed by atoms with Crippen molar-refractivity contribution < 1.29 is 0 Å². The van der Waals surface area contributed by atoms with Crippen LogP contribution in [0.4, 0.5) is 0 Å². The van der Waals surface area contributed by atoms with Gasteiger partial charge in [0.2, 0.25) is 0 Å². The third-order valence-electron chi connectivity index (χ3n) is 14.0. The first kappa shape index (κ1) is 39.5. The third-order valence-corrected chi connectivity index (χ3v) is 14.0. The Hall–Kier alpha value is -8.84. The van der Waals surface area contributed by atoms with Gasteiger partial charge in [-0.15, -0.1) is 0 Å². The van der Waals surface area contributed by atoms with Crippen molar-refractivity contribution in [3.8, 4) is 77.9 Å². The Kier molecular flexibility index (Phi) is 9.62. The highest BCUT2D eigenvalue weighted by Gasteiger charge is 2.24. The fourth-order valence-electron chi connectivity index (χ4n) is 10.9. The fourth-order valence-corrected chi connectivity index (χ4v) is 10.9. The van der Waals surface area contributed by atoms with Crippen molar-refractivity contribution in [2.45, 2.75) is 0 Å². The van der Waals surface area contributed by atoms with Gasteiger partial charge in [0, 0.05) is 0 Å². The van der Waals surface area contributed by atoms with Gasteiger partial charge < -0.3 is 0 Å². The second-order valence-electron chi connectivity index (χ2n) is 17.9. The summed E-state index contributed by atoms with van der Waals surface area (Å²) in [6, 6.07) is 98.8. The average molecular weight is 861 g/mol. The first-order chi connectivity index (χ1) is 33.7. The first-order valence-electron chi connectivity index (χ1n) is 23.6. The minimum Gasteiger partial charge on any atom is -0.0622 e. The van der Waals surface area contributed by atoms with Gasteiger partial charge in [0.1, 0.15) is 0 Å². The Morgan fingerprint density at radius 2 is 0.500 bits per heavy atom. The van der Waals surface area contributed by atoms with Crippen LogP contribution < -0.4 is 0 Å². The molecule has 0 radical (unpaired) electrons. The summed E-state index contributed by atoms with van der Waals surface area (Å²) < 4.78 is 0. The quantitative estimate of drug-likeness (QED) is 0.111. The minimum atomic E-state index is 1.19. The van der Waals surface area contributed by atoms with Crippen molar-refractivity contribution >= 4 is 53.9 Å². The van der Waals surface area contributed by atoms with E-state index in [-0.39, 0.29) is 0 Å². The molecule has 0 aliphatic carbocycles. The van der Waals surface area contributed by atoms with Gasteiger partial charge in [0.15, 0.2) is 0 Å². The van der Waals surface area contributed by atoms with E-state index in [1.165, 1.54) is 132 Å². The van der Waals surface area contributed by atoms with E-state index in [4.69, 9.17) is 0 Å². The molecule has 0 bridgehead atoms. The highest BCUT2D eigenvalue weighted by molar-refractivity contribution is 6.29. The normalized spacial score (nSPS) is 11.5. The molecule has 0 spiro atoms. The van der Waals surface area contributed by atoms with Crippen LogP contribution in [0, 0.1) is 0 Å². The summed E-state index contributed by atoms with van der Waals surface area (Å²) in [5, 5.41) is 12.3. The van der Waals surface area contributed by atoms with Gasteiger partial charge in [-0.25, -0.2) is 0 Å². The zero-order valence-corrected chi connectivity index (χ0v) is 37.4. The summed E-state index contributed by atoms with van der Waals surface area (Å²) in [6.45, 7) is 0. The molecule has 0 nitrogen and oxygen atoms in total. The lowest BCUT2D eigenvalue weighted by Crippen LogP contribution is -1.96. The van der Waals surface area contributed by atoms with E-state index in [9.17, 15) is 0 Å². The minimum absolute atomic E-state index is 1.19. The molecular weight excluding hydrogens is 817 g/mol. The Morgan fingerprint density at radius 3 is 1.10 bits per heavy atom. The molecule has 0 atom stereocenters. The second kappa shape index (κ2) is 16.5. The SMILES string of the molecule is c1ccc(-c2cccc(-c3c4cc(-c5ccccc5)ccc4c(-c4cccc(-c5ccccc5)c4)c4cc5c(cc34)c(-c3ccccc3)c(-c3ccc4ccccc4c3)c3ccccc35)c2)cc1. The van der Waals surface area contributed by atoms with Crippen LogP contribution in [0.1, 0.15) is 0 Å². The highest BCUT2D eigenvalue weighted by Crippen LogP contribution is 2.51. The van der Waals surface area contributed by atoms with Crippen molar-refractivity contribution in [1.82, 2.24) is 0 Å². The van der Waals surface area contributed by atoms with Gasteiger partial charge in [-0.05, 0) is 168 Å². The Labute approximate surface area is 396 Å². The summed E-state index contributed by atoms with van der Waals surface area (Å²) in [5.74, 6) is 0. The molecule has 13 aromatic rings. The van der Waals surface area contributed by atoms with Gasteiger partial charge >= 0.3 is 0 Å². The zero-order valence-electron chi connectivity index (χ0n) is 37.4. The van der Waals surface area contributed by atoms with E-state index in [0.29, 0.717) is 0 Å². The second-order valence-corrected chi connectivity index (χ2v) is 17.9. The molecule has 68 heavy (non-hydrogen) atoms. The maximum Gasteiger partial charge on any atom is -0.00201 e. The van der Waals surface area contributed by atoms with Crippen LogP contribution in [0.5, 0.6) is 0 Å². The molecule has 0 amide bonds. The molecule has 0 heteroatoms. The Bertz CT molecular complexity index is 4040. The topological polar surface area (TPSA) is 0 Å². The largest absolute Gasteiger partial charge is 0.0622 e. The lowest BCUT2D eigenvalue weighted by molar-refractivity contribution is 1.60. The summed E-state index contributed by atoms with van der Waals surface area (Å²) in [7, 11) is 0. The average Bonchev–Trinajstić information content (AvgIpc) is 3.42. The van der Waals surface area contributed by atoms with Crippen LogP contribution in [0.2, 0.25) is 0 Å². The predicted molar refractivity (Wildman–Crippen MR) is 292 cm³/mol. The lowest BCUT2D eigenvalue weighted by atomic mass is 9.80. The van der Waals surface area contributed by atoms with E-state index >= 15 is 0 Å². The summed E-state index contributed by atoms with van der Waals surface area (Å²) in [5.41, 5.74) is 16.9. The Balaban J connectivity index is 1.23. The lowest BCUT2D eigenvalue weighted by Gasteiger charge is -2.23. The van der Waals surface area contributed by atoms with Gasteiger partial charge in [-0.2, -0.15) is 0 Å². The van der Waals surface area contributed by atoms with Gasteiger partial charge in [-0.1, -0.05) is 231 Å². The molecule has 13 rings (SSSR count). The van der Waals surface area contributed by atoms with Crippen LogP contribution in [0.25, 0.3) is 132 Å². The number of hydrogen-bond donors (Lipinski definition) is 0. The van der Waals surface area contributed by atoms with E-state index < -0.39 is 0 Å². The molecule has 316 valence electrons. The molecule has 0 aliphatic heterocycles. The number of hydrogen-bond acceptors (Lipinski definition) is 0. The number of rotatable bonds is 7. The van der Waals surface area contributed by atoms with E-state index in [1.807, 2.05) is 0 Å². The van der Waals surface area contributed by atoms with Crippen LogP contribution >= 0.6 is 0 Å². The Morgan fingerprint density at radius 1 is 0.132 bits per heavy atom. The van der Waals surface area contributed by atoms with Crippen LogP contribution in [-0.4, -0.2) is 0 Å². The van der Waals surface area contributed by atoms with Crippen molar-refractivity contribution in [1.29, 1.82) is 0 Å². The van der Waals surface area contributed by atoms with E-state index in [2.05, 4.69) is 267 Å². The first-order valence-corrected chi connectivity index (χ1v) is 23.6. The molecule has 0 saturated heterocycles. The summed E-state index contributed by atoms with van der Waals surface area (Å²) >= 11 is 0. The van der Waals surface area contributed by atoms with Crippen LogP contribution in [-0.2, 0) is 0 Å². The molecule has 0 heterocycles. The maximum absolute atomic E-state index is 2.55. The standard InChI is InChI=1S/C68H44/c1-5-19-45(20-6-1)51-29-17-31-54(39-51)65-59-38-37-53(47-23-9-3-10-24-47)42-61(59)66(55-32-18-30-52(40-55)46-21-7-2-8-22-46)64-44-62-60(43-63(64)65)57-33-15-16-34-58(57)68(67(62)49-26-11-4-12-27-49)56-36-35-48-25-13-14-28-50(48)41-56/h1-44H. The predicted octanol–water partition coefficient (Wildman–Crippen LogP) is 19.1. The maximum atomic E-state index is 2.55. The highest BCUT2D eigenvalue weighted by atomic mass is 14.3. The van der Waals surface area contributed by atoms with Crippen LogP contribution in [0.15, 0.2) is 267 Å². The van der Waals surface area contributed by atoms with E-state index in [0.717, 1.165) is 0 Å². The third kappa shape index (κ3) is 6.77. The molecule has 13 aromatic carbocycles. The number of benzene rings is 13. The smallest absolute Gasteiger partial charge is 0.00201 e.